The molecule has 0 fully saturated rings. The van der Waals surface area contributed by atoms with Gasteiger partial charge in [0.15, 0.2) is 0 Å². The van der Waals surface area contributed by atoms with Gasteiger partial charge in [-0.1, -0.05) is 144 Å². The first-order valence-electron chi connectivity index (χ1n) is 23.7. The van der Waals surface area contributed by atoms with Gasteiger partial charge in [-0.05, 0) is 114 Å². The number of hydrogen-bond acceptors (Lipinski definition) is 2. The molecule has 8 aromatic rings. The zero-order chi connectivity index (χ0) is 48.7. The average molecular weight is 1050 g/mol. The van der Waals surface area contributed by atoms with Crippen LogP contribution < -0.4 is 10.4 Å². The molecule has 0 radical (unpaired) electrons. The summed E-state index contributed by atoms with van der Waals surface area (Å²) in [6, 6.07) is 32.3. The van der Waals surface area contributed by atoms with Gasteiger partial charge in [-0.3, -0.25) is 0 Å². The van der Waals surface area contributed by atoms with Crippen LogP contribution in [-0.2, 0) is 30.8 Å². The molecule has 2 heterocycles. The number of benzene rings is 4. The minimum atomic E-state index is -1.65. The first-order valence-corrected chi connectivity index (χ1v) is 43.2. The van der Waals surface area contributed by atoms with Crippen molar-refractivity contribution in [3.8, 4) is 44.9 Å². The monoisotopic (exact) mass is 1040 g/mol. The Labute approximate surface area is 414 Å². The van der Waals surface area contributed by atoms with Crippen LogP contribution in [0.1, 0.15) is 69.9 Å². The fourth-order valence-corrected chi connectivity index (χ4v) is 15.2. The van der Waals surface area contributed by atoms with E-state index in [4.69, 9.17) is 25.9 Å². The standard InChI is InChI=1S/2C28H33OSi.C2H6Si.2ClH.Zr/c2*1-9-21-10-11-22-15-23(26-14-17(2)20(5)29-26)16-25(22)27(21)24-12-18(3)28(19(4)13-24)30(6,7)8;1-3-2;;;/h2*10-16H,9H2,1-8H3;1-2H3;2*1H;/q2*-1;;;;+2/p-2. The summed E-state index contributed by atoms with van der Waals surface area (Å²) in [6.45, 7) is 40.9. The van der Waals surface area contributed by atoms with Gasteiger partial charge in [0.1, 0.15) is 0 Å². The Morgan fingerprint density at radius 1 is 0.500 bits per heavy atom. The van der Waals surface area contributed by atoms with E-state index >= 15 is 0 Å². The molecule has 0 spiro atoms. The molecular formula is C58H72Cl2O2Si3Zr-2. The Hall–Kier alpha value is -3.23. The molecule has 0 aliphatic heterocycles. The number of hydrogen-bond donors (Lipinski definition) is 0. The Morgan fingerprint density at radius 3 is 1.06 bits per heavy atom. The van der Waals surface area contributed by atoms with Gasteiger partial charge in [0, 0.05) is 0 Å². The molecule has 0 N–H and O–H groups in total. The first kappa shape index (κ1) is 52.2. The summed E-state index contributed by atoms with van der Waals surface area (Å²) in [5.74, 6) is 3.93. The maximum absolute atomic E-state index is 6.03. The van der Waals surface area contributed by atoms with E-state index in [0.717, 1.165) is 35.9 Å². The van der Waals surface area contributed by atoms with Crippen molar-refractivity contribution in [1.29, 1.82) is 0 Å². The number of aryl methyl sites for hydroxylation is 10. The molecule has 66 heavy (non-hydrogen) atoms. The SMILES string of the molecule is CCc1ccc2[cH-]c(-c3cc(C)c(C)o3)cc2c1-c1cc(C)c([Si](C)(C)C)c(C)c1.CCc1ccc2[cH-]c(-c3cc(C)c(C)o3)cc2c1-c1cc(C)c([Si](C)(C)C)c(C)c1.C[Si](C)=[Zr]([Cl])[Cl]. The molecular weight excluding hydrogens is 975 g/mol. The van der Waals surface area contributed by atoms with E-state index in [1.165, 1.54) is 99.4 Å². The van der Waals surface area contributed by atoms with Crippen molar-refractivity contribution in [2.45, 2.75) is 134 Å². The van der Waals surface area contributed by atoms with Crippen LogP contribution >= 0.6 is 17.0 Å². The molecule has 0 amide bonds. The zero-order valence-corrected chi connectivity index (χ0v) is 50.0. The summed E-state index contributed by atoms with van der Waals surface area (Å²) in [7, 11) is 8.49. The van der Waals surface area contributed by atoms with E-state index in [0.29, 0.717) is 0 Å². The fourth-order valence-electron chi connectivity index (χ4n) is 10.2. The molecule has 0 aliphatic carbocycles. The van der Waals surface area contributed by atoms with Gasteiger partial charge in [0.2, 0.25) is 0 Å². The van der Waals surface area contributed by atoms with Gasteiger partial charge in [-0.2, -0.15) is 0 Å². The molecule has 8 rings (SSSR count). The normalized spacial score (nSPS) is 11.8. The summed E-state index contributed by atoms with van der Waals surface area (Å²) in [6.07, 6.45) is 2.05. The van der Waals surface area contributed by atoms with Crippen molar-refractivity contribution in [3.05, 3.63) is 141 Å². The van der Waals surface area contributed by atoms with E-state index in [-0.39, 0.29) is 5.43 Å². The minimum absolute atomic E-state index is 0.224. The fraction of sp³-hybridized carbons (Fsp3) is 0.345. The van der Waals surface area contributed by atoms with Crippen molar-refractivity contribution >= 4 is 70.5 Å². The predicted molar refractivity (Wildman–Crippen MR) is 297 cm³/mol. The van der Waals surface area contributed by atoms with Gasteiger partial charge >= 0.3 is 53.5 Å². The summed E-state index contributed by atoms with van der Waals surface area (Å²) in [5, 5.41) is 8.43. The third-order valence-corrected chi connectivity index (χ3v) is 37.5. The third kappa shape index (κ3) is 11.3. The van der Waals surface area contributed by atoms with E-state index < -0.39 is 34.1 Å². The maximum atomic E-state index is 6.03. The molecule has 0 unspecified atom stereocenters. The second-order valence-electron chi connectivity index (χ2n) is 20.8. The van der Waals surface area contributed by atoms with Crippen LogP contribution in [0.2, 0.25) is 52.4 Å². The van der Waals surface area contributed by atoms with Gasteiger partial charge in [-0.25, -0.2) is 0 Å². The van der Waals surface area contributed by atoms with Crippen LogP contribution in [0, 0.1) is 55.4 Å². The molecule has 0 bridgehead atoms. The number of rotatable bonds is 8. The van der Waals surface area contributed by atoms with Gasteiger partial charge in [0.25, 0.3) is 0 Å². The second kappa shape index (κ2) is 20.8. The molecule has 2 nitrogen and oxygen atoms in total. The molecule has 6 aromatic carbocycles. The Bertz CT molecular complexity index is 2800. The Balaban J connectivity index is 0.000000194. The summed E-state index contributed by atoms with van der Waals surface area (Å²) in [5.41, 5.74) is 18.6. The van der Waals surface area contributed by atoms with E-state index in [1.54, 1.807) is 10.4 Å². The molecule has 8 heteroatoms. The summed E-state index contributed by atoms with van der Waals surface area (Å²) in [4.78, 5) is 0. The number of fused-ring (bicyclic) bond motifs is 2. The molecule has 0 atom stereocenters. The van der Waals surface area contributed by atoms with Crippen LogP contribution in [0.5, 0.6) is 0 Å². The summed E-state index contributed by atoms with van der Waals surface area (Å²) < 4.78 is 12.1. The molecule has 2 aromatic heterocycles. The van der Waals surface area contributed by atoms with Crippen LogP contribution in [-0.4, -0.2) is 21.6 Å². The van der Waals surface area contributed by atoms with Crippen molar-refractivity contribution in [2.24, 2.45) is 0 Å². The summed E-state index contributed by atoms with van der Waals surface area (Å²) >= 11 is -1.65. The Kier molecular flexibility index (Phi) is 16.4. The van der Waals surface area contributed by atoms with E-state index in [2.05, 4.69) is 193 Å². The van der Waals surface area contributed by atoms with Gasteiger partial charge < -0.3 is 8.83 Å². The molecule has 0 saturated heterocycles. The number of furan rings is 2. The quantitative estimate of drug-likeness (QED) is 0.112. The van der Waals surface area contributed by atoms with Crippen molar-refractivity contribution in [3.63, 3.8) is 0 Å². The topological polar surface area (TPSA) is 26.3 Å². The molecule has 348 valence electrons. The zero-order valence-electron chi connectivity index (χ0n) is 43.1. The molecule has 0 saturated carbocycles. The van der Waals surface area contributed by atoms with Crippen LogP contribution in [0.25, 0.3) is 66.4 Å². The number of halogens is 2. The van der Waals surface area contributed by atoms with Crippen molar-refractivity contribution in [2.75, 3.05) is 0 Å². The second-order valence-corrected chi connectivity index (χ2v) is 53.8. The molecule has 0 aliphatic rings. The van der Waals surface area contributed by atoms with Crippen LogP contribution in [0.3, 0.4) is 0 Å². The van der Waals surface area contributed by atoms with Crippen molar-refractivity contribution in [1.82, 2.24) is 0 Å². The first-order chi connectivity index (χ1) is 30.8. The van der Waals surface area contributed by atoms with Crippen LogP contribution in [0.4, 0.5) is 0 Å². The van der Waals surface area contributed by atoms with Gasteiger partial charge in [0.05, 0.1) is 39.2 Å². The van der Waals surface area contributed by atoms with E-state index in [9.17, 15) is 0 Å². The van der Waals surface area contributed by atoms with Crippen LogP contribution in [0.15, 0.2) is 93.8 Å². The predicted octanol–water partition coefficient (Wildman–Crippen LogP) is 17.8. The van der Waals surface area contributed by atoms with Gasteiger partial charge in [-0.15, -0.1) is 57.9 Å². The third-order valence-electron chi connectivity index (χ3n) is 13.1. The van der Waals surface area contributed by atoms with E-state index in [1.807, 2.05) is 13.8 Å². The van der Waals surface area contributed by atoms with Crippen molar-refractivity contribution < 1.29 is 26.8 Å². The average Bonchev–Trinajstić information content (AvgIpc) is 4.01. The Morgan fingerprint density at radius 2 is 0.818 bits per heavy atom.